The molecule has 1 N–H and O–H groups in total. The number of pyridine rings is 2. The molecule has 0 unspecified atom stereocenters. The van der Waals surface area contributed by atoms with Crippen molar-refractivity contribution in [2.75, 3.05) is 28.7 Å². The molecular weight excluding hydrogens is 523 g/mol. The van der Waals surface area contributed by atoms with Gasteiger partial charge in [0, 0.05) is 32.4 Å². The third-order valence-corrected chi connectivity index (χ3v) is 6.84. The summed E-state index contributed by atoms with van der Waals surface area (Å²) < 4.78 is 43.6. The van der Waals surface area contributed by atoms with Crippen molar-refractivity contribution in [3.8, 4) is 11.6 Å². The van der Waals surface area contributed by atoms with Gasteiger partial charge < -0.3 is 19.9 Å². The van der Waals surface area contributed by atoms with Gasteiger partial charge in [0.25, 0.3) is 5.91 Å². The number of benzene rings is 1. The number of likely N-dealkylation sites (N-methyl/N-ethyl adjacent to an activating group) is 1. The first-order valence-corrected chi connectivity index (χ1v) is 12.7. The van der Waals surface area contributed by atoms with Gasteiger partial charge in [0.15, 0.2) is 5.82 Å². The van der Waals surface area contributed by atoms with Gasteiger partial charge >= 0.3 is 6.18 Å². The summed E-state index contributed by atoms with van der Waals surface area (Å²) in [4.78, 5) is 34.3. The third-order valence-electron chi connectivity index (χ3n) is 6.84. The minimum atomic E-state index is -4.51. The summed E-state index contributed by atoms with van der Waals surface area (Å²) >= 11 is 0. The number of carbonyl (C=O) groups is 1. The molecule has 1 aromatic carbocycles. The number of carbonyl (C=O) groups excluding carboxylic acids is 1. The van der Waals surface area contributed by atoms with E-state index in [-0.39, 0.29) is 17.5 Å². The number of aromatic nitrogens is 4. The third kappa shape index (κ3) is 4.88. The summed E-state index contributed by atoms with van der Waals surface area (Å²) in [7, 11) is 1.88. The number of alkyl halides is 3. The number of halogens is 3. The van der Waals surface area contributed by atoms with Gasteiger partial charge in [0.05, 0.1) is 11.9 Å². The molecule has 0 fully saturated rings. The molecule has 204 valence electrons. The van der Waals surface area contributed by atoms with Crippen molar-refractivity contribution in [1.29, 1.82) is 0 Å². The first kappa shape index (κ1) is 25.5. The Bertz CT molecular complexity index is 1530. The molecule has 0 aliphatic carbocycles. The summed E-state index contributed by atoms with van der Waals surface area (Å²) in [6, 6.07) is 14.6. The molecule has 2 aliphatic rings. The lowest BCUT2D eigenvalue weighted by Gasteiger charge is -2.42. The first-order chi connectivity index (χ1) is 19.3. The monoisotopic (exact) mass is 547 g/mol. The van der Waals surface area contributed by atoms with Gasteiger partial charge in [-0.05, 0) is 36.1 Å². The molecule has 5 heterocycles. The van der Waals surface area contributed by atoms with E-state index in [1.165, 1.54) is 6.07 Å². The molecule has 0 radical (unpaired) electrons. The molecule has 3 aromatic heterocycles. The van der Waals surface area contributed by atoms with Crippen LogP contribution in [0.5, 0.6) is 11.6 Å². The second-order valence-corrected chi connectivity index (χ2v) is 9.52. The minimum Gasteiger partial charge on any atom is -0.437 e. The highest BCUT2D eigenvalue weighted by Gasteiger charge is 2.41. The van der Waals surface area contributed by atoms with Crippen LogP contribution in [0, 0.1) is 0 Å². The lowest BCUT2D eigenvalue weighted by atomic mass is 9.97. The number of hydrogen-bond donors (Lipinski definition) is 1. The predicted molar refractivity (Wildman–Crippen MR) is 141 cm³/mol. The fourth-order valence-corrected chi connectivity index (χ4v) is 4.92. The van der Waals surface area contributed by atoms with Crippen molar-refractivity contribution in [3.63, 3.8) is 0 Å². The quantitative estimate of drug-likeness (QED) is 0.354. The summed E-state index contributed by atoms with van der Waals surface area (Å²) in [5, 5.41) is 3.25. The number of ether oxygens (including phenoxy) is 1. The molecule has 0 spiro atoms. The molecule has 12 heteroatoms. The van der Waals surface area contributed by atoms with Crippen LogP contribution in [0.3, 0.4) is 0 Å². The Morgan fingerprint density at radius 3 is 2.55 bits per heavy atom. The molecule has 9 nitrogen and oxygen atoms in total. The van der Waals surface area contributed by atoms with E-state index in [9.17, 15) is 18.0 Å². The Labute approximate surface area is 227 Å². The SMILES string of the molecule is CN1c2nc(NCc3ccc(Oc4ccc(C(F)(F)F)nc4)nc3)nc3c2N(CCC3)C(=O)[C@@H]1c1ccccc1. The van der Waals surface area contributed by atoms with Gasteiger partial charge in [-0.3, -0.25) is 4.79 Å². The fourth-order valence-electron chi connectivity index (χ4n) is 4.92. The summed E-state index contributed by atoms with van der Waals surface area (Å²) in [6.45, 7) is 1.01. The number of anilines is 3. The summed E-state index contributed by atoms with van der Waals surface area (Å²) in [5.74, 6) is 1.53. The maximum atomic E-state index is 13.5. The minimum absolute atomic E-state index is 0.0203. The molecule has 1 atom stereocenters. The molecule has 2 aliphatic heterocycles. The number of nitrogens with one attached hydrogen (secondary N) is 1. The van der Waals surface area contributed by atoms with E-state index >= 15 is 0 Å². The Morgan fingerprint density at radius 1 is 1.02 bits per heavy atom. The summed E-state index contributed by atoms with van der Waals surface area (Å²) in [5.41, 5.74) is 2.34. The van der Waals surface area contributed by atoms with Crippen LogP contribution in [-0.2, 0) is 23.9 Å². The molecule has 0 saturated heterocycles. The second kappa shape index (κ2) is 10.1. The highest BCUT2D eigenvalue weighted by Crippen LogP contribution is 2.43. The normalized spacial score (nSPS) is 16.5. The average molecular weight is 548 g/mol. The van der Waals surface area contributed by atoms with Crippen LogP contribution in [0.1, 0.15) is 35.0 Å². The van der Waals surface area contributed by atoms with Crippen molar-refractivity contribution in [2.45, 2.75) is 31.6 Å². The van der Waals surface area contributed by atoms with Crippen molar-refractivity contribution < 1.29 is 22.7 Å². The van der Waals surface area contributed by atoms with Crippen LogP contribution < -0.4 is 19.9 Å². The van der Waals surface area contributed by atoms with Crippen LogP contribution in [0.15, 0.2) is 67.0 Å². The lowest BCUT2D eigenvalue weighted by molar-refractivity contribution is -0.141. The number of amides is 1. The van der Waals surface area contributed by atoms with Crippen LogP contribution in [-0.4, -0.2) is 39.4 Å². The van der Waals surface area contributed by atoms with E-state index in [2.05, 4.69) is 15.3 Å². The van der Waals surface area contributed by atoms with E-state index in [4.69, 9.17) is 14.7 Å². The predicted octanol–water partition coefficient (Wildman–Crippen LogP) is 5.16. The van der Waals surface area contributed by atoms with E-state index in [0.717, 1.165) is 47.6 Å². The van der Waals surface area contributed by atoms with Crippen molar-refractivity contribution >= 4 is 23.4 Å². The number of aryl methyl sites for hydroxylation is 1. The van der Waals surface area contributed by atoms with Crippen molar-refractivity contribution in [3.05, 3.63) is 89.5 Å². The van der Waals surface area contributed by atoms with Crippen LogP contribution in [0.25, 0.3) is 0 Å². The molecule has 6 rings (SSSR count). The Hall–Kier alpha value is -4.74. The van der Waals surface area contributed by atoms with Gasteiger partial charge in [-0.15, -0.1) is 0 Å². The molecular formula is C28H24F3N7O2. The Balaban J connectivity index is 1.17. The van der Waals surface area contributed by atoms with Gasteiger partial charge in [0.2, 0.25) is 11.8 Å². The topological polar surface area (TPSA) is 96.4 Å². The highest BCUT2D eigenvalue weighted by molar-refractivity contribution is 6.06. The van der Waals surface area contributed by atoms with Crippen molar-refractivity contribution in [1.82, 2.24) is 19.9 Å². The standard InChI is InChI=1S/C28H24F3N7O2/c1-37-23(18-6-3-2-4-7-18)26(39)38-13-5-8-20-24(38)25(37)36-27(35-20)34-15-17-9-12-22(33-14-17)40-19-10-11-21(32-16-19)28(29,30)31/h2-4,6-7,9-12,14,16,23H,5,8,13,15H2,1H3,(H,34,35,36)/t23-/m0/s1. The number of nitrogens with zero attached hydrogens (tertiary/aromatic N) is 6. The van der Waals surface area contributed by atoms with Crippen molar-refractivity contribution in [2.24, 2.45) is 0 Å². The molecule has 1 amide bonds. The van der Waals surface area contributed by atoms with E-state index in [1.54, 1.807) is 18.3 Å². The Morgan fingerprint density at radius 2 is 1.85 bits per heavy atom. The second-order valence-electron chi connectivity index (χ2n) is 9.52. The Kier molecular flexibility index (Phi) is 6.45. The van der Waals surface area contributed by atoms with Crippen LogP contribution in [0.4, 0.5) is 30.6 Å². The highest BCUT2D eigenvalue weighted by atomic mass is 19.4. The van der Waals surface area contributed by atoms with E-state index in [1.807, 2.05) is 47.2 Å². The van der Waals surface area contributed by atoms with E-state index in [0.29, 0.717) is 24.9 Å². The summed E-state index contributed by atoms with van der Waals surface area (Å²) in [6.07, 6.45) is -0.339. The largest absolute Gasteiger partial charge is 0.437 e. The average Bonchev–Trinajstić information content (AvgIpc) is 2.96. The smallest absolute Gasteiger partial charge is 0.433 e. The van der Waals surface area contributed by atoms with Gasteiger partial charge in [-0.25, -0.2) is 15.0 Å². The zero-order chi connectivity index (χ0) is 27.9. The lowest BCUT2D eigenvalue weighted by Crippen LogP contribution is -2.49. The first-order valence-electron chi connectivity index (χ1n) is 12.7. The fraction of sp³-hybridized carbons (Fsp3) is 0.250. The number of hydrogen-bond acceptors (Lipinski definition) is 8. The van der Waals surface area contributed by atoms with Gasteiger partial charge in [-0.2, -0.15) is 18.2 Å². The van der Waals surface area contributed by atoms with Gasteiger partial charge in [-0.1, -0.05) is 36.4 Å². The molecule has 0 saturated carbocycles. The molecule has 4 aromatic rings. The molecule has 40 heavy (non-hydrogen) atoms. The zero-order valence-corrected chi connectivity index (χ0v) is 21.4. The maximum absolute atomic E-state index is 13.5. The maximum Gasteiger partial charge on any atom is 0.433 e. The zero-order valence-electron chi connectivity index (χ0n) is 21.4. The van der Waals surface area contributed by atoms with Crippen LogP contribution in [0.2, 0.25) is 0 Å². The van der Waals surface area contributed by atoms with Gasteiger partial charge in [0.1, 0.15) is 23.2 Å². The number of rotatable bonds is 6. The van der Waals surface area contributed by atoms with E-state index < -0.39 is 17.9 Å². The van der Waals surface area contributed by atoms with Crippen LogP contribution >= 0.6 is 0 Å². The molecule has 0 bridgehead atoms.